The maximum absolute atomic E-state index is 11.2. The number of aromatic amines is 1. The van der Waals surface area contributed by atoms with E-state index in [9.17, 15) is 4.79 Å². The van der Waals surface area contributed by atoms with Crippen molar-refractivity contribution in [1.82, 2.24) is 20.7 Å². The summed E-state index contributed by atoms with van der Waals surface area (Å²) in [5.41, 5.74) is 2.22. The predicted octanol–water partition coefficient (Wildman–Crippen LogP) is 0.439. The summed E-state index contributed by atoms with van der Waals surface area (Å²) in [6.45, 7) is 4.22. The van der Waals surface area contributed by atoms with Gasteiger partial charge in [-0.2, -0.15) is 0 Å². The number of nitrogens with zero attached hydrogens (tertiary/aromatic N) is 2. The Balaban J connectivity index is 2.53. The Hall–Kier alpha value is -1.43. The Morgan fingerprint density at radius 3 is 3.00 bits per heavy atom. The lowest BCUT2D eigenvalue weighted by atomic mass is 10.3. The molecule has 2 N–H and O–H groups in total. The molecule has 0 aliphatic rings. The fraction of sp³-hybridized carbons (Fsp3) is 0.625. The molecule has 0 aromatic carbocycles. The lowest BCUT2D eigenvalue weighted by Gasteiger charge is -1.98. The molecule has 1 heterocycles. The van der Waals surface area contributed by atoms with E-state index in [4.69, 9.17) is 4.84 Å². The normalized spacial score (nSPS) is 10.1. The highest BCUT2D eigenvalue weighted by atomic mass is 16.6. The number of H-pyrrole nitrogens is 1. The van der Waals surface area contributed by atoms with Crippen LogP contribution in [0.15, 0.2) is 0 Å². The van der Waals surface area contributed by atoms with E-state index in [1.807, 2.05) is 6.92 Å². The monoisotopic (exact) mass is 198 g/mol. The summed E-state index contributed by atoms with van der Waals surface area (Å²) in [4.78, 5) is 20.0. The van der Waals surface area contributed by atoms with Gasteiger partial charge < -0.3 is 0 Å². The second-order valence-electron chi connectivity index (χ2n) is 2.72. The van der Waals surface area contributed by atoms with Crippen molar-refractivity contribution in [2.45, 2.75) is 26.7 Å². The molecule has 6 heteroatoms. The van der Waals surface area contributed by atoms with E-state index >= 15 is 0 Å². The number of hydroxylamine groups is 1. The SMILES string of the molecule is CCCc1nc(C(=O)NOCC)n[nH]1. The third-order valence-electron chi connectivity index (χ3n) is 1.53. The number of hydrogen-bond donors (Lipinski definition) is 2. The van der Waals surface area contributed by atoms with Crippen LogP contribution in [0.5, 0.6) is 0 Å². The fourth-order valence-corrected chi connectivity index (χ4v) is 0.929. The molecule has 0 aliphatic heterocycles. The molecule has 0 aliphatic carbocycles. The molecular formula is C8H14N4O2. The number of nitrogens with one attached hydrogen (secondary N) is 2. The summed E-state index contributed by atoms with van der Waals surface area (Å²) in [7, 11) is 0. The topological polar surface area (TPSA) is 79.9 Å². The number of rotatable bonds is 5. The highest BCUT2D eigenvalue weighted by Gasteiger charge is 2.11. The summed E-state index contributed by atoms with van der Waals surface area (Å²) < 4.78 is 0. The van der Waals surface area contributed by atoms with Gasteiger partial charge in [-0.1, -0.05) is 6.92 Å². The van der Waals surface area contributed by atoms with Gasteiger partial charge in [0, 0.05) is 6.42 Å². The molecule has 1 rings (SSSR count). The molecule has 0 radical (unpaired) electrons. The summed E-state index contributed by atoms with van der Waals surface area (Å²) in [6, 6.07) is 0. The minimum Gasteiger partial charge on any atom is -0.274 e. The molecule has 0 bridgehead atoms. The number of amides is 1. The molecular weight excluding hydrogens is 184 g/mol. The van der Waals surface area contributed by atoms with Gasteiger partial charge >= 0.3 is 5.91 Å². The molecule has 0 atom stereocenters. The van der Waals surface area contributed by atoms with Crippen LogP contribution in [0.1, 0.15) is 36.7 Å². The Morgan fingerprint density at radius 2 is 2.36 bits per heavy atom. The van der Waals surface area contributed by atoms with Crippen LogP contribution >= 0.6 is 0 Å². The van der Waals surface area contributed by atoms with E-state index in [0.29, 0.717) is 12.4 Å². The van der Waals surface area contributed by atoms with E-state index < -0.39 is 5.91 Å². The lowest BCUT2D eigenvalue weighted by molar-refractivity contribution is 0.0355. The van der Waals surface area contributed by atoms with Crippen molar-refractivity contribution < 1.29 is 9.63 Å². The second kappa shape index (κ2) is 5.33. The van der Waals surface area contributed by atoms with Crippen molar-refractivity contribution in [2.75, 3.05) is 6.61 Å². The minimum absolute atomic E-state index is 0.113. The number of aromatic nitrogens is 3. The molecule has 14 heavy (non-hydrogen) atoms. The van der Waals surface area contributed by atoms with Crippen LogP contribution in [0.4, 0.5) is 0 Å². The van der Waals surface area contributed by atoms with Gasteiger partial charge in [-0.3, -0.25) is 14.7 Å². The molecule has 1 aromatic heterocycles. The van der Waals surface area contributed by atoms with Crippen LogP contribution in [0.25, 0.3) is 0 Å². The van der Waals surface area contributed by atoms with E-state index in [2.05, 4.69) is 20.7 Å². The van der Waals surface area contributed by atoms with Crippen LogP contribution in [0.3, 0.4) is 0 Å². The van der Waals surface area contributed by atoms with Crippen molar-refractivity contribution >= 4 is 5.91 Å². The second-order valence-corrected chi connectivity index (χ2v) is 2.72. The van der Waals surface area contributed by atoms with E-state index in [-0.39, 0.29) is 5.82 Å². The molecule has 0 spiro atoms. The predicted molar refractivity (Wildman–Crippen MR) is 49.5 cm³/mol. The first-order valence-corrected chi connectivity index (χ1v) is 4.61. The van der Waals surface area contributed by atoms with Gasteiger partial charge in [0.1, 0.15) is 5.82 Å². The number of aryl methyl sites for hydroxylation is 1. The smallest absolute Gasteiger partial charge is 0.274 e. The molecule has 6 nitrogen and oxygen atoms in total. The average molecular weight is 198 g/mol. The number of carbonyl (C=O) groups excluding carboxylic acids is 1. The van der Waals surface area contributed by atoms with Gasteiger partial charge in [-0.25, -0.2) is 10.5 Å². The average Bonchev–Trinajstić information content (AvgIpc) is 2.63. The summed E-state index contributed by atoms with van der Waals surface area (Å²) in [6.07, 6.45) is 1.75. The van der Waals surface area contributed by atoms with Gasteiger partial charge in [-0.15, -0.1) is 5.10 Å². The number of hydrogen-bond acceptors (Lipinski definition) is 4. The molecule has 1 amide bonds. The van der Waals surface area contributed by atoms with Crippen LogP contribution in [-0.4, -0.2) is 27.7 Å². The molecule has 78 valence electrons. The largest absolute Gasteiger partial charge is 0.314 e. The zero-order valence-electron chi connectivity index (χ0n) is 8.33. The highest BCUT2D eigenvalue weighted by Crippen LogP contribution is 1.96. The quantitative estimate of drug-likeness (QED) is 0.673. The Kier molecular flexibility index (Phi) is 4.06. The van der Waals surface area contributed by atoms with E-state index in [1.165, 1.54) is 0 Å². The lowest BCUT2D eigenvalue weighted by Crippen LogP contribution is -2.24. The van der Waals surface area contributed by atoms with Gasteiger partial charge in [0.25, 0.3) is 0 Å². The van der Waals surface area contributed by atoms with Crippen LogP contribution in [0.2, 0.25) is 0 Å². The zero-order valence-corrected chi connectivity index (χ0v) is 8.33. The first kappa shape index (κ1) is 10.6. The summed E-state index contributed by atoms with van der Waals surface area (Å²) in [5, 5.41) is 6.45. The number of carbonyl (C=O) groups is 1. The Labute approximate surface area is 82.0 Å². The minimum atomic E-state index is -0.426. The molecule has 0 saturated heterocycles. The van der Waals surface area contributed by atoms with Crippen molar-refractivity contribution in [2.24, 2.45) is 0 Å². The van der Waals surface area contributed by atoms with Crippen molar-refractivity contribution in [3.63, 3.8) is 0 Å². The van der Waals surface area contributed by atoms with Gasteiger partial charge in [0.2, 0.25) is 5.82 Å². The van der Waals surface area contributed by atoms with Gasteiger partial charge in [0.05, 0.1) is 6.61 Å². The fourth-order valence-electron chi connectivity index (χ4n) is 0.929. The van der Waals surface area contributed by atoms with Crippen molar-refractivity contribution in [3.05, 3.63) is 11.6 Å². The van der Waals surface area contributed by atoms with Crippen LogP contribution in [0, 0.1) is 0 Å². The standard InChI is InChI=1S/C8H14N4O2/c1-3-5-6-9-7(11-10-6)8(13)12-14-4-2/h3-5H2,1-2H3,(H,12,13)(H,9,10,11). The highest BCUT2D eigenvalue weighted by molar-refractivity contribution is 5.89. The summed E-state index contributed by atoms with van der Waals surface area (Å²) in [5.74, 6) is 0.404. The third kappa shape index (κ3) is 2.81. The first-order chi connectivity index (χ1) is 6.77. The first-order valence-electron chi connectivity index (χ1n) is 4.61. The van der Waals surface area contributed by atoms with E-state index in [1.54, 1.807) is 6.92 Å². The van der Waals surface area contributed by atoms with Gasteiger partial charge in [0.15, 0.2) is 0 Å². The Morgan fingerprint density at radius 1 is 1.57 bits per heavy atom. The van der Waals surface area contributed by atoms with Crippen molar-refractivity contribution in [3.8, 4) is 0 Å². The third-order valence-corrected chi connectivity index (χ3v) is 1.53. The molecule has 0 unspecified atom stereocenters. The van der Waals surface area contributed by atoms with E-state index in [0.717, 1.165) is 12.8 Å². The molecule has 0 fully saturated rings. The Bertz CT molecular complexity index is 297. The maximum atomic E-state index is 11.2. The van der Waals surface area contributed by atoms with Crippen LogP contribution < -0.4 is 5.48 Å². The molecule has 0 saturated carbocycles. The maximum Gasteiger partial charge on any atom is 0.314 e. The zero-order chi connectivity index (χ0) is 10.4. The van der Waals surface area contributed by atoms with Crippen LogP contribution in [-0.2, 0) is 11.3 Å². The van der Waals surface area contributed by atoms with Crippen molar-refractivity contribution in [1.29, 1.82) is 0 Å². The van der Waals surface area contributed by atoms with Gasteiger partial charge in [-0.05, 0) is 13.3 Å². The summed E-state index contributed by atoms with van der Waals surface area (Å²) >= 11 is 0. The molecule has 1 aromatic rings.